The molecule has 2 aliphatic rings. The van der Waals surface area contributed by atoms with Gasteiger partial charge in [-0.25, -0.2) is 0 Å². The summed E-state index contributed by atoms with van der Waals surface area (Å²) in [6, 6.07) is 0. The standard InChI is InChI=1S/C13H22O2S/c1-9(2)10-7-13(8-10,12(14)15)16-11-5-3-4-6-11/h9-11H,3-8H2,1-2H3,(H,14,15). The highest BCUT2D eigenvalue weighted by atomic mass is 32.2. The van der Waals surface area contributed by atoms with Gasteiger partial charge in [-0.1, -0.05) is 26.7 Å². The molecule has 2 saturated carbocycles. The van der Waals surface area contributed by atoms with Gasteiger partial charge in [0.25, 0.3) is 0 Å². The summed E-state index contributed by atoms with van der Waals surface area (Å²) in [5.74, 6) is 0.697. The SMILES string of the molecule is CC(C)C1CC(SC2CCCC2)(C(=O)O)C1. The molecule has 0 radical (unpaired) electrons. The monoisotopic (exact) mass is 242 g/mol. The highest BCUT2D eigenvalue weighted by molar-refractivity contribution is 8.02. The number of carboxylic acids is 1. The highest BCUT2D eigenvalue weighted by Crippen LogP contribution is 2.54. The molecule has 2 fully saturated rings. The first-order valence-corrected chi connectivity index (χ1v) is 7.33. The predicted octanol–water partition coefficient (Wildman–Crippen LogP) is 3.55. The molecule has 1 N–H and O–H groups in total. The lowest BCUT2D eigenvalue weighted by atomic mass is 9.69. The second kappa shape index (κ2) is 4.59. The second-order valence-electron chi connectivity index (χ2n) is 5.74. The first kappa shape index (κ1) is 12.3. The average Bonchev–Trinajstić information content (AvgIpc) is 2.61. The van der Waals surface area contributed by atoms with Gasteiger partial charge in [0.15, 0.2) is 0 Å². The van der Waals surface area contributed by atoms with E-state index >= 15 is 0 Å². The summed E-state index contributed by atoms with van der Waals surface area (Å²) < 4.78 is -0.427. The van der Waals surface area contributed by atoms with Crippen molar-refractivity contribution >= 4 is 17.7 Å². The molecule has 0 amide bonds. The second-order valence-corrected chi connectivity index (χ2v) is 7.42. The smallest absolute Gasteiger partial charge is 0.319 e. The van der Waals surface area contributed by atoms with E-state index in [0.29, 0.717) is 17.1 Å². The fraction of sp³-hybridized carbons (Fsp3) is 0.923. The van der Waals surface area contributed by atoms with Gasteiger partial charge in [0.2, 0.25) is 0 Å². The molecule has 0 spiro atoms. The quantitative estimate of drug-likeness (QED) is 0.819. The van der Waals surface area contributed by atoms with E-state index in [1.807, 2.05) is 0 Å². The van der Waals surface area contributed by atoms with Crippen LogP contribution in [0.3, 0.4) is 0 Å². The minimum absolute atomic E-state index is 0.427. The minimum atomic E-state index is -0.568. The van der Waals surface area contributed by atoms with E-state index in [1.54, 1.807) is 11.8 Å². The maximum atomic E-state index is 11.4. The van der Waals surface area contributed by atoms with Gasteiger partial charge in [0, 0.05) is 5.25 Å². The Morgan fingerprint density at radius 1 is 1.31 bits per heavy atom. The van der Waals surface area contributed by atoms with E-state index in [2.05, 4.69) is 13.8 Å². The summed E-state index contributed by atoms with van der Waals surface area (Å²) >= 11 is 1.77. The van der Waals surface area contributed by atoms with Crippen molar-refractivity contribution in [2.24, 2.45) is 11.8 Å². The number of carboxylic acid groups (broad SMARTS) is 1. The van der Waals surface area contributed by atoms with Gasteiger partial charge in [0.05, 0.1) is 0 Å². The number of rotatable bonds is 4. The van der Waals surface area contributed by atoms with Crippen molar-refractivity contribution in [2.75, 3.05) is 0 Å². The normalized spacial score (nSPS) is 35.3. The van der Waals surface area contributed by atoms with Gasteiger partial charge in [-0.05, 0) is 37.5 Å². The molecule has 2 aliphatic carbocycles. The third-order valence-corrected chi connectivity index (χ3v) is 5.97. The van der Waals surface area contributed by atoms with E-state index in [4.69, 9.17) is 0 Å². The minimum Gasteiger partial charge on any atom is -0.480 e. The highest BCUT2D eigenvalue weighted by Gasteiger charge is 2.52. The fourth-order valence-corrected chi connectivity index (χ4v) is 4.83. The number of thioether (sulfide) groups is 1. The molecule has 0 atom stereocenters. The zero-order chi connectivity index (χ0) is 11.8. The molecule has 0 saturated heterocycles. The van der Waals surface area contributed by atoms with Crippen molar-refractivity contribution in [3.63, 3.8) is 0 Å². The van der Waals surface area contributed by atoms with E-state index < -0.39 is 10.7 Å². The Labute approximate surface area is 102 Å². The molecule has 0 bridgehead atoms. The number of carbonyl (C=O) groups is 1. The third-order valence-electron chi connectivity index (χ3n) is 4.21. The molecule has 2 rings (SSSR count). The van der Waals surface area contributed by atoms with Gasteiger partial charge in [-0.3, -0.25) is 4.79 Å². The van der Waals surface area contributed by atoms with Crippen LogP contribution in [0.25, 0.3) is 0 Å². The van der Waals surface area contributed by atoms with E-state index in [0.717, 1.165) is 12.8 Å². The van der Waals surface area contributed by atoms with Crippen LogP contribution in [0.4, 0.5) is 0 Å². The lowest BCUT2D eigenvalue weighted by Crippen LogP contribution is -2.50. The van der Waals surface area contributed by atoms with Crippen LogP contribution in [0.1, 0.15) is 52.4 Å². The Morgan fingerprint density at radius 2 is 1.88 bits per heavy atom. The van der Waals surface area contributed by atoms with Crippen LogP contribution in [0, 0.1) is 11.8 Å². The van der Waals surface area contributed by atoms with Gasteiger partial charge >= 0.3 is 5.97 Å². The molecule has 16 heavy (non-hydrogen) atoms. The van der Waals surface area contributed by atoms with Crippen LogP contribution in [-0.4, -0.2) is 21.1 Å². The van der Waals surface area contributed by atoms with Crippen LogP contribution < -0.4 is 0 Å². The van der Waals surface area contributed by atoms with Gasteiger partial charge < -0.3 is 5.11 Å². The Morgan fingerprint density at radius 3 is 2.31 bits per heavy atom. The van der Waals surface area contributed by atoms with Crippen molar-refractivity contribution in [2.45, 2.75) is 62.4 Å². The molecule has 0 aromatic heterocycles. The van der Waals surface area contributed by atoms with Gasteiger partial charge in [-0.2, -0.15) is 0 Å². The number of hydrogen-bond acceptors (Lipinski definition) is 2. The summed E-state index contributed by atoms with van der Waals surface area (Å²) in [5, 5.41) is 10.0. The molecule has 2 nitrogen and oxygen atoms in total. The van der Waals surface area contributed by atoms with Crippen LogP contribution in [0.2, 0.25) is 0 Å². The maximum absolute atomic E-state index is 11.4. The Bertz CT molecular complexity index is 263. The molecule has 0 aliphatic heterocycles. The van der Waals surface area contributed by atoms with Crippen LogP contribution >= 0.6 is 11.8 Å². The van der Waals surface area contributed by atoms with Crippen molar-refractivity contribution < 1.29 is 9.90 Å². The fourth-order valence-electron chi connectivity index (χ4n) is 2.91. The summed E-state index contributed by atoms with van der Waals surface area (Å²) in [7, 11) is 0. The van der Waals surface area contributed by atoms with E-state index in [-0.39, 0.29) is 0 Å². The predicted molar refractivity (Wildman–Crippen MR) is 67.8 cm³/mol. The maximum Gasteiger partial charge on any atom is 0.319 e. The Hall–Kier alpha value is -0.180. The first-order valence-electron chi connectivity index (χ1n) is 6.45. The van der Waals surface area contributed by atoms with Crippen LogP contribution in [-0.2, 0) is 4.79 Å². The van der Waals surface area contributed by atoms with E-state index in [1.165, 1.54) is 25.7 Å². The molecule has 3 heteroatoms. The zero-order valence-corrected chi connectivity index (χ0v) is 11.1. The van der Waals surface area contributed by atoms with Crippen molar-refractivity contribution in [3.05, 3.63) is 0 Å². The van der Waals surface area contributed by atoms with Crippen LogP contribution in [0.15, 0.2) is 0 Å². The van der Waals surface area contributed by atoms with Crippen molar-refractivity contribution in [1.29, 1.82) is 0 Å². The third kappa shape index (κ3) is 2.24. The first-order chi connectivity index (χ1) is 7.53. The zero-order valence-electron chi connectivity index (χ0n) is 10.2. The summed E-state index contributed by atoms with van der Waals surface area (Å²) in [6.07, 6.45) is 6.82. The molecule has 0 aromatic carbocycles. The van der Waals surface area contributed by atoms with Crippen LogP contribution in [0.5, 0.6) is 0 Å². The topological polar surface area (TPSA) is 37.3 Å². The molecule has 92 valence electrons. The number of hydrogen-bond donors (Lipinski definition) is 1. The molecular formula is C13H22O2S. The largest absolute Gasteiger partial charge is 0.480 e. The average molecular weight is 242 g/mol. The van der Waals surface area contributed by atoms with E-state index in [9.17, 15) is 9.90 Å². The molecular weight excluding hydrogens is 220 g/mol. The number of aliphatic carboxylic acids is 1. The lowest BCUT2D eigenvalue weighted by Gasteiger charge is -2.47. The summed E-state index contributed by atoms with van der Waals surface area (Å²) in [6.45, 7) is 4.41. The molecule has 0 heterocycles. The molecule has 0 unspecified atom stereocenters. The van der Waals surface area contributed by atoms with Crippen molar-refractivity contribution in [3.8, 4) is 0 Å². The lowest BCUT2D eigenvalue weighted by molar-refractivity contribution is -0.144. The molecule has 0 aromatic rings. The van der Waals surface area contributed by atoms with Gasteiger partial charge in [-0.15, -0.1) is 11.8 Å². The summed E-state index contributed by atoms with van der Waals surface area (Å²) in [4.78, 5) is 11.4. The van der Waals surface area contributed by atoms with Crippen molar-refractivity contribution in [1.82, 2.24) is 0 Å². The van der Waals surface area contributed by atoms with Gasteiger partial charge in [0.1, 0.15) is 4.75 Å². The summed E-state index contributed by atoms with van der Waals surface area (Å²) in [5.41, 5.74) is 0. The Kier molecular flexibility index (Phi) is 3.53. The Balaban J connectivity index is 1.94.